The fourth-order valence-electron chi connectivity index (χ4n) is 1.51. The van der Waals surface area contributed by atoms with E-state index in [9.17, 15) is 13.6 Å². The molecule has 0 aliphatic rings. The Bertz CT molecular complexity index is 414. The number of hydrogen-bond donors (Lipinski definition) is 1. The summed E-state index contributed by atoms with van der Waals surface area (Å²) < 4.78 is 32.4. The highest BCUT2D eigenvalue weighted by molar-refractivity contribution is 5.88. The largest absolute Gasteiger partial charge is 0.478 e. The molecule has 4 nitrogen and oxygen atoms in total. The Morgan fingerprint density at radius 1 is 1.39 bits per heavy atom. The molecule has 0 amide bonds. The van der Waals surface area contributed by atoms with Crippen molar-refractivity contribution in [1.29, 1.82) is 0 Å². The smallest absolute Gasteiger partial charge is 0.335 e. The van der Waals surface area contributed by atoms with Crippen molar-refractivity contribution in [2.75, 3.05) is 31.7 Å². The normalized spacial score (nSPS) is 10.4. The quantitative estimate of drug-likeness (QED) is 0.795. The molecule has 100 valence electrons. The van der Waals surface area contributed by atoms with E-state index in [-0.39, 0.29) is 5.69 Å². The molecule has 0 saturated heterocycles. The minimum Gasteiger partial charge on any atom is -0.478 e. The monoisotopic (exact) mass is 259 g/mol. The summed E-state index contributed by atoms with van der Waals surface area (Å²) in [7, 11) is 1.51. The van der Waals surface area contributed by atoms with E-state index >= 15 is 0 Å². The molecule has 0 bridgehead atoms. The molecule has 0 aliphatic heterocycles. The highest BCUT2D eigenvalue weighted by Crippen LogP contribution is 2.24. The Morgan fingerprint density at radius 2 is 1.94 bits per heavy atom. The fourth-order valence-corrected chi connectivity index (χ4v) is 1.51. The first-order chi connectivity index (χ1) is 8.47. The van der Waals surface area contributed by atoms with Crippen molar-refractivity contribution >= 4 is 11.7 Å². The lowest BCUT2D eigenvalue weighted by Crippen LogP contribution is -2.25. The van der Waals surface area contributed by atoms with Gasteiger partial charge in [-0.15, -0.1) is 0 Å². The molecule has 0 fully saturated rings. The van der Waals surface area contributed by atoms with E-state index in [0.29, 0.717) is 19.8 Å². The maximum absolute atomic E-state index is 13.6. The number of nitrogens with zero attached hydrogens (tertiary/aromatic N) is 1. The van der Waals surface area contributed by atoms with Gasteiger partial charge in [0.2, 0.25) is 0 Å². The van der Waals surface area contributed by atoms with Crippen molar-refractivity contribution in [1.82, 2.24) is 0 Å². The summed E-state index contributed by atoms with van der Waals surface area (Å²) in [6, 6.07) is 1.61. The molecule has 6 heteroatoms. The molecule has 1 aromatic rings. The van der Waals surface area contributed by atoms with Crippen molar-refractivity contribution in [3.8, 4) is 0 Å². The van der Waals surface area contributed by atoms with Gasteiger partial charge >= 0.3 is 5.97 Å². The summed E-state index contributed by atoms with van der Waals surface area (Å²) in [6.07, 6.45) is 0. The topological polar surface area (TPSA) is 49.8 Å². The van der Waals surface area contributed by atoms with Gasteiger partial charge in [0.05, 0.1) is 12.2 Å². The fraction of sp³-hybridized carbons (Fsp3) is 0.417. The minimum absolute atomic E-state index is 0.250. The number of benzene rings is 1. The molecule has 0 unspecified atom stereocenters. The molecule has 0 spiro atoms. The predicted molar refractivity (Wildman–Crippen MR) is 63.1 cm³/mol. The molecule has 0 atom stereocenters. The lowest BCUT2D eigenvalue weighted by atomic mass is 10.1. The summed E-state index contributed by atoms with van der Waals surface area (Å²) in [5.74, 6) is -3.16. The lowest BCUT2D eigenvalue weighted by Gasteiger charge is -2.20. The van der Waals surface area contributed by atoms with E-state index in [1.807, 2.05) is 6.92 Å². The van der Waals surface area contributed by atoms with E-state index in [1.165, 1.54) is 11.9 Å². The van der Waals surface area contributed by atoms with Crippen LogP contribution in [0.3, 0.4) is 0 Å². The molecule has 18 heavy (non-hydrogen) atoms. The molecule has 0 aromatic heterocycles. The van der Waals surface area contributed by atoms with E-state index < -0.39 is 23.2 Å². The van der Waals surface area contributed by atoms with Gasteiger partial charge in [0.25, 0.3) is 0 Å². The summed E-state index contributed by atoms with van der Waals surface area (Å²) in [6.45, 7) is 3.00. The average Bonchev–Trinajstić information content (AvgIpc) is 2.28. The van der Waals surface area contributed by atoms with Crippen LogP contribution in [-0.4, -0.2) is 37.9 Å². The summed E-state index contributed by atoms with van der Waals surface area (Å²) >= 11 is 0. The van der Waals surface area contributed by atoms with Crippen LogP contribution in [0.25, 0.3) is 0 Å². The number of ether oxygens (including phenoxy) is 1. The van der Waals surface area contributed by atoms with Gasteiger partial charge < -0.3 is 14.7 Å². The van der Waals surface area contributed by atoms with Gasteiger partial charge in [-0.05, 0) is 19.1 Å². The third kappa shape index (κ3) is 3.40. The Labute approximate surface area is 104 Å². The van der Waals surface area contributed by atoms with Crippen LogP contribution in [0, 0.1) is 11.6 Å². The predicted octanol–water partition coefficient (Wildman–Crippen LogP) is 2.14. The summed E-state index contributed by atoms with van der Waals surface area (Å²) in [4.78, 5) is 12.0. The van der Waals surface area contributed by atoms with Crippen LogP contribution in [-0.2, 0) is 4.74 Å². The van der Waals surface area contributed by atoms with Crippen LogP contribution >= 0.6 is 0 Å². The van der Waals surface area contributed by atoms with Crippen LogP contribution in [0.2, 0.25) is 0 Å². The Morgan fingerprint density at radius 3 is 2.39 bits per heavy atom. The number of halogens is 2. The minimum atomic E-state index is -1.36. The van der Waals surface area contributed by atoms with Crippen molar-refractivity contribution < 1.29 is 23.4 Å². The summed E-state index contributed by atoms with van der Waals surface area (Å²) in [5.41, 5.74) is -0.660. The SMILES string of the molecule is CCOCCN(C)c1c(F)cc(C(=O)O)cc1F. The second-order valence-corrected chi connectivity index (χ2v) is 3.71. The van der Waals surface area contributed by atoms with Gasteiger partial charge in [0, 0.05) is 20.2 Å². The Kier molecular flexibility index (Phi) is 5.03. The van der Waals surface area contributed by atoms with E-state index in [4.69, 9.17) is 9.84 Å². The van der Waals surface area contributed by atoms with Gasteiger partial charge in [-0.25, -0.2) is 13.6 Å². The molecular weight excluding hydrogens is 244 g/mol. The highest BCUT2D eigenvalue weighted by atomic mass is 19.1. The van der Waals surface area contributed by atoms with Crippen molar-refractivity contribution in [2.45, 2.75) is 6.92 Å². The molecule has 1 N–H and O–H groups in total. The van der Waals surface area contributed by atoms with Crippen molar-refractivity contribution in [3.63, 3.8) is 0 Å². The van der Waals surface area contributed by atoms with E-state index in [0.717, 1.165) is 12.1 Å². The molecule has 0 saturated carbocycles. The summed E-state index contributed by atoms with van der Waals surface area (Å²) in [5, 5.41) is 8.67. The van der Waals surface area contributed by atoms with Crippen molar-refractivity contribution in [3.05, 3.63) is 29.3 Å². The molecule has 0 aliphatic carbocycles. The molecule has 0 heterocycles. The second-order valence-electron chi connectivity index (χ2n) is 3.71. The van der Waals surface area contributed by atoms with Gasteiger partial charge in [-0.2, -0.15) is 0 Å². The van der Waals surface area contributed by atoms with Gasteiger partial charge in [0.1, 0.15) is 17.3 Å². The Hall–Kier alpha value is -1.69. The number of anilines is 1. The maximum Gasteiger partial charge on any atom is 0.335 e. The standard InChI is InChI=1S/C12H15F2NO3/c1-3-18-5-4-15(2)11-9(13)6-8(12(16)17)7-10(11)14/h6-7H,3-5H2,1-2H3,(H,16,17). The maximum atomic E-state index is 13.6. The first-order valence-corrected chi connectivity index (χ1v) is 5.48. The van der Waals surface area contributed by atoms with Gasteiger partial charge in [-0.1, -0.05) is 0 Å². The Balaban J connectivity index is 2.92. The zero-order chi connectivity index (χ0) is 13.7. The van der Waals surface area contributed by atoms with E-state index in [1.54, 1.807) is 0 Å². The van der Waals surface area contributed by atoms with Gasteiger partial charge in [-0.3, -0.25) is 0 Å². The molecule has 1 aromatic carbocycles. The van der Waals surface area contributed by atoms with Gasteiger partial charge in [0.15, 0.2) is 0 Å². The number of hydrogen-bond acceptors (Lipinski definition) is 3. The first-order valence-electron chi connectivity index (χ1n) is 5.48. The molecular formula is C12H15F2NO3. The highest BCUT2D eigenvalue weighted by Gasteiger charge is 2.17. The molecule has 1 rings (SSSR count). The number of likely N-dealkylation sites (N-methyl/N-ethyl adjacent to an activating group) is 1. The van der Waals surface area contributed by atoms with E-state index in [2.05, 4.69) is 0 Å². The zero-order valence-corrected chi connectivity index (χ0v) is 10.2. The van der Waals surface area contributed by atoms with Crippen LogP contribution in [0.15, 0.2) is 12.1 Å². The first kappa shape index (κ1) is 14.4. The lowest BCUT2D eigenvalue weighted by molar-refractivity contribution is 0.0695. The number of carboxylic acids is 1. The zero-order valence-electron chi connectivity index (χ0n) is 10.2. The van der Waals surface area contributed by atoms with Crippen LogP contribution in [0.5, 0.6) is 0 Å². The van der Waals surface area contributed by atoms with Crippen molar-refractivity contribution in [2.24, 2.45) is 0 Å². The number of carbonyl (C=O) groups is 1. The third-order valence-corrected chi connectivity index (χ3v) is 2.42. The number of carboxylic acid groups (broad SMARTS) is 1. The average molecular weight is 259 g/mol. The molecule has 0 radical (unpaired) electrons. The van der Waals surface area contributed by atoms with Crippen LogP contribution in [0.4, 0.5) is 14.5 Å². The number of aromatic carboxylic acids is 1. The second kappa shape index (κ2) is 6.30. The number of rotatable bonds is 6. The van der Waals surface area contributed by atoms with Crippen LogP contribution in [0.1, 0.15) is 17.3 Å². The third-order valence-electron chi connectivity index (χ3n) is 2.42. The van der Waals surface area contributed by atoms with Crippen LogP contribution < -0.4 is 4.90 Å².